The number of benzene rings is 3. The number of fused-ring (bicyclic) bond motifs is 4. The fraction of sp³-hybridized carbons (Fsp3) is 0.567. The van der Waals surface area contributed by atoms with Crippen molar-refractivity contribution in [2.75, 3.05) is 80.9 Å². The predicted octanol–water partition coefficient (Wildman–Crippen LogP) is 8.47. The average Bonchev–Trinajstić information content (AvgIpc) is 4.11. The zero-order chi connectivity index (χ0) is 55.8. The van der Waals surface area contributed by atoms with E-state index < -0.39 is 43.1 Å². The highest BCUT2D eigenvalue weighted by atomic mass is 32.2. The number of piperidine rings is 1. The number of carbonyl (C=O) groups is 1. The SMILES string of the molecule is CC(C)Oc1ccccc1[C@@H]1CN(C2CCC(C)(O)CC2)CCN1C1CC2(CCN(c3ccc(C(=O)NS(=O)(=O)c4cc5c(c([N+](=O)[O-])c4)N[C@H](C4CCOCC4)CO5)c(N4c5cc6cc[nH]c6nc5O[C@H]5COCC[C@@H]54)c3)CC2)C1. The minimum absolute atomic E-state index is 0.0254. The lowest BCUT2D eigenvalue weighted by Crippen LogP contribution is -2.61. The fourth-order valence-electron chi connectivity index (χ4n) is 14.6. The number of para-hydroxylation sites is 1. The molecule has 6 aliphatic heterocycles. The molecular weight excluding hydrogens is 1050 g/mol. The van der Waals surface area contributed by atoms with E-state index in [1.165, 1.54) is 11.6 Å². The van der Waals surface area contributed by atoms with Crippen LogP contribution in [0.1, 0.15) is 113 Å². The van der Waals surface area contributed by atoms with Crippen LogP contribution in [0.2, 0.25) is 0 Å². The molecule has 4 N–H and O–H groups in total. The van der Waals surface area contributed by atoms with Gasteiger partial charge in [0.05, 0.1) is 57.5 Å². The van der Waals surface area contributed by atoms with Gasteiger partial charge >= 0.3 is 0 Å². The van der Waals surface area contributed by atoms with Gasteiger partial charge in [-0.3, -0.25) is 24.7 Å². The number of carbonyl (C=O) groups excluding carboxylic acids is 1. The molecule has 0 bridgehead atoms. The molecule has 1 amide bonds. The molecule has 2 aliphatic carbocycles. The molecule has 4 atom stereocenters. The lowest BCUT2D eigenvalue weighted by atomic mass is 9.59. The third-order valence-corrected chi connectivity index (χ3v) is 20.4. The molecule has 1 spiro atoms. The number of aromatic amines is 1. The molecule has 8 aliphatic rings. The highest BCUT2D eigenvalue weighted by Gasteiger charge is 2.51. The van der Waals surface area contributed by atoms with E-state index in [4.69, 9.17) is 28.7 Å². The zero-order valence-corrected chi connectivity index (χ0v) is 47.3. The molecule has 4 saturated heterocycles. The highest BCUT2D eigenvalue weighted by molar-refractivity contribution is 7.90. The Labute approximate surface area is 473 Å². The number of nitro groups is 1. The molecule has 21 heteroatoms. The average molecular weight is 1130 g/mol. The van der Waals surface area contributed by atoms with Crippen molar-refractivity contribution < 1.29 is 46.9 Å². The van der Waals surface area contributed by atoms with E-state index in [-0.39, 0.29) is 59.2 Å². The number of aromatic nitrogens is 2. The van der Waals surface area contributed by atoms with Crippen LogP contribution in [-0.4, -0.2) is 152 Å². The third-order valence-electron chi connectivity index (χ3n) is 19.1. The summed E-state index contributed by atoms with van der Waals surface area (Å²) in [5.74, 6) is 0.605. The third kappa shape index (κ3) is 10.6. The van der Waals surface area contributed by atoms with E-state index in [9.17, 15) is 28.4 Å². The number of nitro benzene ring substituents is 1. The largest absolute Gasteiger partial charge is 0.491 e. The summed E-state index contributed by atoms with van der Waals surface area (Å²) in [7, 11) is -4.71. The molecule has 0 unspecified atom stereocenters. The Hall–Kier alpha value is -6.23. The molecule has 20 nitrogen and oxygen atoms in total. The topological polar surface area (TPSA) is 226 Å². The van der Waals surface area contributed by atoms with Gasteiger partial charge in [0, 0.05) is 99.6 Å². The van der Waals surface area contributed by atoms with Gasteiger partial charge in [-0.15, -0.1) is 0 Å². The Morgan fingerprint density at radius 1 is 0.901 bits per heavy atom. The normalized spacial score (nSPS) is 27.3. The molecule has 6 fully saturated rings. The summed E-state index contributed by atoms with van der Waals surface area (Å²) in [6.07, 6.45) is 11.4. The van der Waals surface area contributed by atoms with E-state index in [0.29, 0.717) is 67.8 Å². The Kier molecular flexibility index (Phi) is 14.4. The van der Waals surface area contributed by atoms with Crippen molar-refractivity contribution in [2.45, 2.75) is 144 Å². The number of nitrogens with zero attached hydrogens (tertiary/aromatic N) is 6. The van der Waals surface area contributed by atoms with Crippen molar-refractivity contribution in [1.29, 1.82) is 0 Å². The number of hydrogen-bond acceptors (Lipinski definition) is 17. The van der Waals surface area contributed by atoms with Crippen LogP contribution >= 0.6 is 0 Å². The monoisotopic (exact) mass is 1130 g/mol. The number of ether oxygens (including phenoxy) is 5. The van der Waals surface area contributed by atoms with Crippen LogP contribution in [0.5, 0.6) is 17.4 Å². The zero-order valence-electron chi connectivity index (χ0n) is 46.5. The summed E-state index contributed by atoms with van der Waals surface area (Å²) in [5.41, 5.74) is 3.25. The highest BCUT2D eigenvalue weighted by Crippen LogP contribution is 2.54. The van der Waals surface area contributed by atoms with Crippen LogP contribution in [0.3, 0.4) is 0 Å². The van der Waals surface area contributed by atoms with Crippen LogP contribution in [-0.2, 0) is 19.5 Å². The number of aliphatic hydroxyl groups is 1. The quantitative estimate of drug-likeness (QED) is 0.0679. The van der Waals surface area contributed by atoms with Gasteiger partial charge in [0.25, 0.3) is 21.6 Å². The standard InChI is InChI=1S/C60H75N9O11S/c1-37(2)79-52-7-5-4-6-44(52)51-34-66(40-10-16-59(3,71)17-11-40)23-24-67(51)42-32-60(33-42)18-21-65(22-19-60)41-8-9-45(48(29-41)68-47-15-27-77-36-54(47)80-58-50(68)28-39-12-20-61-56(39)63-58)57(70)64-81(74,75)43-30-49(69(72)73)55-53(31-43)78-35-46(62-55)38-13-25-76-26-14-38/h4-9,12,20,28-31,37-38,40,42,46-47,51,54,62,71H,10-11,13-19,21-27,32-36H2,1-3H3,(H,61,63)(H,64,70)/t40?,46-,47-,51-,54-,59?/m0/s1. The summed E-state index contributed by atoms with van der Waals surface area (Å²) >= 11 is 0. The molecule has 0 radical (unpaired) electrons. The first-order valence-electron chi connectivity index (χ1n) is 29.3. The van der Waals surface area contributed by atoms with Crippen molar-refractivity contribution in [3.8, 4) is 17.4 Å². The summed E-state index contributed by atoms with van der Waals surface area (Å²) < 4.78 is 61.8. The number of rotatable bonds is 12. The number of amides is 1. The van der Waals surface area contributed by atoms with Gasteiger partial charge in [0.1, 0.15) is 29.8 Å². The first-order chi connectivity index (χ1) is 39.1. The van der Waals surface area contributed by atoms with Gasteiger partial charge in [0.15, 0.2) is 11.4 Å². The lowest BCUT2D eigenvalue weighted by molar-refractivity contribution is -0.384. The van der Waals surface area contributed by atoms with E-state index >= 15 is 0 Å². The van der Waals surface area contributed by atoms with E-state index in [2.05, 4.69) is 72.7 Å². The molecule has 5 aromatic rings. The maximum Gasteiger partial charge on any atom is 0.297 e. The first kappa shape index (κ1) is 54.0. The Bertz CT molecular complexity index is 3290. The van der Waals surface area contributed by atoms with Crippen LogP contribution in [0.4, 0.5) is 28.4 Å². The summed E-state index contributed by atoms with van der Waals surface area (Å²) in [5, 5.41) is 27.5. The first-order valence-corrected chi connectivity index (χ1v) is 30.8. The molecule has 3 aromatic carbocycles. The number of anilines is 4. The summed E-state index contributed by atoms with van der Waals surface area (Å²) in [4.78, 5) is 44.4. The molecule has 2 saturated carbocycles. The molecule has 432 valence electrons. The van der Waals surface area contributed by atoms with Crippen molar-refractivity contribution in [3.63, 3.8) is 0 Å². The van der Waals surface area contributed by atoms with E-state index in [0.717, 1.165) is 120 Å². The number of piperazine rings is 1. The number of pyridine rings is 1. The van der Waals surface area contributed by atoms with Crippen LogP contribution in [0.25, 0.3) is 11.0 Å². The van der Waals surface area contributed by atoms with Gasteiger partial charge in [-0.2, -0.15) is 4.98 Å². The van der Waals surface area contributed by atoms with Crippen LogP contribution in [0.15, 0.2) is 77.8 Å². The van der Waals surface area contributed by atoms with Crippen molar-refractivity contribution in [2.24, 2.45) is 11.3 Å². The van der Waals surface area contributed by atoms with Gasteiger partial charge in [-0.25, -0.2) is 13.1 Å². The second kappa shape index (κ2) is 21.5. The number of hydrogen-bond donors (Lipinski definition) is 4. The Morgan fingerprint density at radius 3 is 2.46 bits per heavy atom. The number of H-pyrrole nitrogens is 1. The minimum Gasteiger partial charge on any atom is -0.491 e. The number of nitrogens with one attached hydrogen (secondary N) is 3. The molecular formula is C60H75N9O11S. The molecule has 2 aromatic heterocycles. The molecule has 81 heavy (non-hydrogen) atoms. The lowest BCUT2D eigenvalue weighted by Gasteiger charge is -2.59. The smallest absolute Gasteiger partial charge is 0.297 e. The minimum atomic E-state index is -4.71. The van der Waals surface area contributed by atoms with Crippen molar-refractivity contribution in [1.82, 2.24) is 24.5 Å². The van der Waals surface area contributed by atoms with E-state index in [1.54, 1.807) is 6.07 Å². The molecule has 13 rings (SSSR count). The fourth-order valence-corrected chi connectivity index (χ4v) is 15.6. The maximum absolute atomic E-state index is 14.9. The summed E-state index contributed by atoms with van der Waals surface area (Å²) in [6, 6.07) is 20.9. The summed E-state index contributed by atoms with van der Waals surface area (Å²) in [6.45, 7) is 12.8. The second-order valence-corrected chi connectivity index (χ2v) is 26.3. The van der Waals surface area contributed by atoms with Crippen molar-refractivity contribution >= 4 is 55.4 Å². The molecule has 8 heterocycles. The van der Waals surface area contributed by atoms with E-state index in [1.807, 2.05) is 37.4 Å². The van der Waals surface area contributed by atoms with Crippen molar-refractivity contribution in [3.05, 3.63) is 94.2 Å². The van der Waals surface area contributed by atoms with Crippen LogP contribution in [0, 0.1) is 21.4 Å². The second-order valence-electron chi connectivity index (χ2n) is 24.6. The Balaban J connectivity index is 0.774. The van der Waals surface area contributed by atoms with Gasteiger partial charge < -0.3 is 48.9 Å². The predicted molar refractivity (Wildman–Crippen MR) is 306 cm³/mol. The maximum atomic E-state index is 14.9. The van der Waals surface area contributed by atoms with Gasteiger partial charge in [-0.05, 0) is 139 Å². The van der Waals surface area contributed by atoms with Gasteiger partial charge in [-0.1, -0.05) is 18.2 Å². The van der Waals surface area contributed by atoms with Crippen LogP contribution < -0.4 is 34.0 Å². The number of sulfonamides is 1. The Morgan fingerprint density at radius 2 is 1.68 bits per heavy atom. The van der Waals surface area contributed by atoms with Gasteiger partial charge in [0.2, 0.25) is 5.88 Å².